The lowest BCUT2D eigenvalue weighted by molar-refractivity contribution is -0.121. The molecule has 0 aliphatic carbocycles. The largest absolute Gasteiger partial charge is 0.459 e. The summed E-state index contributed by atoms with van der Waals surface area (Å²) < 4.78 is 10.3. The minimum absolute atomic E-state index is 0.117. The topological polar surface area (TPSA) is 80.6 Å². The van der Waals surface area contributed by atoms with Gasteiger partial charge in [0.25, 0.3) is 5.91 Å². The Kier molecular flexibility index (Phi) is 7.04. The van der Waals surface area contributed by atoms with Gasteiger partial charge >= 0.3 is 0 Å². The van der Waals surface area contributed by atoms with Crippen LogP contribution in [0.5, 0.6) is 0 Å². The van der Waals surface area contributed by atoms with Crippen LogP contribution in [0, 0.1) is 0 Å². The first-order valence-electron chi connectivity index (χ1n) is 7.93. The van der Waals surface area contributed by atoms with Crippen molar-refractivity contribution in [3.05, 3.63) is 59.5 Å². The van der Waals surface area contributed by atoms with E-state index in [0.29, 0.717) is 19.8 Å². The first-order valence-corrected chi connectivity index (χ1v) is 7.93. The van der Waals surface area contributed by atoms with Crippen LogP contribution in [0.15, 0.2) is 47.1 Å². The van der Waals surface area contributed by atoms with E-state index in [4.69, 9.17) is 9.15 Å². The number of amides is 2. The highest BCUT2D eigenvalue weighted by Gasteiger charge is 2.08. The lowest BCUT2D eigenvalue weighted by atomic mass is 10.1. The van der Waals surface area contributed by atoms with E-state index in [1.54, 1.807) is 12.1 Å². The van der Waals surface area contributed by atoms with Crippen LogP contribution in [0.25, 0.3) is 0 Å². The number of hydrogen-bond donors (Lipinski definition) is 2. The van der Waals surface area contributed by atoms with Gasteiger partial charge in [-0.15, -0.1) is 0 Å². The maximum absolute atomic E-state index is 11.8. The molecule has 0 bridgehead atoms. The second-order valence-corrected chi connectivity index (χ2v) is 5.21. The SMILES string of the molecule is CCOCc1ccc(CNC(=O)CCNC(=O)c2ccco2)cc1. The van der Waals surface area contributed by atoms with Crippen molar-refractivity contribution >= 4 is 11.8 Å². The fourth-order valence-electron chi connectivity index (χ4n) is 2.05. The summed E-state index contributed by atoms with van der Waals surface area (Å²) in [7, 11) is 0. The molecule has 0 aliphatic heterocycles. The van der Waals surface area contributed by atoms with Gasteiger partial charge in [0.1, 0.15) is 0 Å². The Morgan fingerprint density at radius 1 is 1.08 bits per heavy atom. The van der Waals surface area contributed by atoms with Gasteiger partial charge < -0.3 is 19.8 Å². The molecular weight excluding hydrogens is 308 g/mol. The predicted molar refractivity (Wildman–Crippen MR) is 89.3 cm³/mol. The van der Waals surface area contributed by atoms with E-state index in [0.717, 1.165) is 11.1 Å². The number of hydrogen-bond acceptors (Lipinski definition) is 4. The fourth-order valence-corrected chi connectivity index (χ4v) is 2.05. The second-order valence-electron chi connectivity index (χ2n) is 5.21. The Balaban J connectivity index is 1.64. The van der Waals surface area contributed by atoms with Crippen LogP contribution in [-0.4, -0.2) is 25.0 Å². The van der Waals surface area contributed by atoms with Gasteiger partial charge in [0, 0.05) is 26.1 Å². The summed E-state index contributed by atoms with van der Waals surface area (Å²) in [4.78, 5) is 23.4. The summed E-state index contributed by atoms with van der Waals surface area (Å²) in [5.41, 5.74) is 2.12. The van der Waals surface area contributed by atoms with E-state index in [1.165, 1.54) is 6.26 Å². The summed E-state index contributed by atoms with van der Waals surface area (Å²) in [6.45, 7) is 3.96. The van der Waals surface area contributed by atoms with Crippen LogP contribution in [-0.2, 0) is 22.7 Å². The Hall–Kier alpha value is -2.60. The van der Waals surface area contributed by atoms with Gasteiger partial charge in [-0.05, 0) is 30.2 Å². The molecule has 24 heavy (non-hydrogen) atoms. The first-order chi connectivity index (χ1) is 11.7. The van der Waals surface area contributed by atoms with Crippen LogP contribution < -0.4 is 10.6 Å². The first kappa shape index (κ1) is 17.7. The summed E-state index contributed by atoms with van der Waals surface area (Å²) in [5.74, 6) is -0.201. The molecule has 2 amide bonds. The van der Waals surface area contributed by atoms with E-state index < -0.39 is 0 Å². The van der Waals surface area contributed by atoms with Crippen LogP contribution in [0.4, 0.5) is 0 Å². The molecule has 0 radical (unpaired) electrons. The van der Waals surface area contributed by atoms with Crippen molar-refractivity contribution in [3.8, 4) is 0 Å². The Bertz CT molecular complexity index is 636. The molecule has 1 aromatic carbocycles. The van der Waals surface area contributed by atoms with Gasteiger partial charge in [-0.25, -0.2) is 0 Å². The normalized spacial score (nSPS) is 10.4. The molecule has 0 saturated heterocycles. The molecule has 1 heterocycles. The standard InChI is InChI=1S/C18H22N2O4/c1-2-23-13-15-7-5-14(6-8-15)12-20-17(21)9-10-19-18(22)16-4-3-11-24-16/h3-8,11H,2,9-10,12-13H2,1H3,(H,19,22)(H,20,21). The number of furan rings is 1. The number of carbonyl (C=O) groups is 2. The van der Waals surface area contributed by atoms with Crippen LogP contribution in [0.2, 0.25) is 0 Å². The molecule has 0 spiro atoms. The molecule has 1 aromatic heterocycles. The molecule has 6 heteroatoms. The summed E-state index contributed by atoms with van der Waals surface area (Å²) in [5, 5.41) is 5.46. The second kappa shape index (κ2) is 9.52. The lowest BCUT2D eigenvalue weighted by Gasteiger charge is -2.07. The molecule has 0 atom stereocenters. The van der Waals surface area contributed by atoms with Gasteiger partial charge in [0.05, 0.1) is 12.9 Å². The maximum Gasteiger partial charge on any atom is 0.286 e. The molecule has 2 rings (SSSR count). The summed E-state index contributed by atoms with van der Waals surface area (Å²) in [6, 6.07) is 11.1. The maximum atomic E-state index is 11.8. The minimum Gasteiger partial charge on any atom is -0.459 e. The van der Waals surface area contributed by atoms with E-state index in [1.807, 2.05) is 31.2 Å². The monoisotopic (exact) mass is 330 g/mol. The average Bonchev–Trinajstić information content (AvgIpc) is 3.13. The summed E-state index contributed by atoms with van der Waals surface area (Å²) in [6.07, 6.45) is 1.65. The van der Waals surface area contributed by atoms with Gasteiger partial charge in [-0.2, -0.15) is 0 Å². The molecule has 0 saturated carbocycles. The van der Waals surface area contributed by atoms with Crippen molar-refractivity contribution in [1.29, 1.82) is 0 Å². The Morgan fingerprint density at radius 2 is 1.83 bits per heavy atom. The van der Waals surface area contributed by atoms with E-state index in [2.05, 4.69) is 10.6 Å². The lowest BCUT2D eigenvalue weighted by Crippen LogP contribution is -2.30. The van der Waals surface area contributed by atoms with E-state index >= 15 is 0 Å². The van der Waals surface area contributed by atoms with Gasteiger partial charge in [0.15, 0.2) is 5.76 Å². The van der Waals surface area contributed by atoms with Crippen LogP contribution in [0.1, 0.15) is 35.0 Å². The molecule has 0 fully saturated rings. The number of nitrogens with one attached hydrogen (secondary N) is 2. The number of rotatable bonds is 9. The zero-order valence-electron chi connectivity index (χ0n) is 13.7. The Morgan fingerprint density at radius 3 is 2.50 bits per heavy atom. The predicted octanol–water partition coefficient (Wildman–Crippen LogP) is 2.25. The highest BCUT2D eigenvalue weighted by molar-refractivity contribution is 5.91. The summed E-state index contributed by atoms with van der Waals surface area (Å²) >= 11 is 0. The zero-order valence-corrected chi connectivity index (χ0v) is 13.7. The number of ether oxygens (including phenoxy) is 1. The van der Waals surface area contributed by atoms with Crippen molar-refractivity contribution in [2.45, 2.75) is 26.5 Å². The number of carbonyl (C=O) groups excluding carboxylic acids is 2. The average molecular weight is 330 g/mol. The van der Waals surface area contributed by atoms with E-state index in [-0.39, 0.29) is 30.5 Å². The molecule has 6 nitrogen and oxygen atoms in total. The van der Waals surface area contributed by atoms with Crippen molar-refractivity contribution in [2.75, 3.05) is 13.2 Å². The van der Waals surface area contributed by atoms with E-state index in [9.17, 15) is 9.59 Å². The molecule has 2 N–H and O–H groups in total. The van der Waals surface area contributed by atoms with Crippen LogP contribution in [0.3, 0.4) is 0 Å². The quantitative estimate of drug-likeness (QED) is 0.739. The van der Waals surface area contributed by atoms with Crippen molar-refractivity contribution in [3.63, 3.8) is 0 Å². The third-order valence-electron chi connectivity index (χ3n) is 3.37. The third-order valence-corrected chi connectivity index (χ3v) is 3.37. The van der Waals surface area contributed by atoms with Gasteiger partial charge in [0.2, 0.25) is 5.91 Å². The third kappa shape index (κ3) is 5.89. The smallest absolute Gasteiger partial charge is 0.286 e. The molecule has 128 valence electrons. The Labute approximate surface area is 141 Å². The molecule has 2 aromatic rings. The molecular formula is C18H22N2O4. The minimum atomic E-state index is -0.322. The van der Waals surface area contributed by atoms with Crippen molar-refractivity contribution in [1.82, 2.24) is 10.6 Å². The van der Waals surface area contributed by atoms with Crippen molar-refractivity contribution in [2.24, 2.45) is 0 Å². The molecule has 0 unspecified atom stereocenters. The van der Waals surface area contributed by atoms with Crippen molar-refractivity contribution < 1.29 is 18.7 Å². The highest BCUT2D eigenvalue weighted by Crippen LogP contribution is 2.06. The molecule has 0 aliphatic rings. The fraction of sp³-hybridized carbons (Fsp3) is 0.333. The van der Waals surface area contributed by atoms with Gasteiger partial charge in [-0.1, -0.05) is 24.3 Å². The zero-order chi connectivity index (χ0) is 17.2. The number of benzene rings is 1. The highest BCUT2D eigenvalue weighted by atomic mass is 16.5. The van der Waals surface area contributed by atoms with Crippen LogP contribution >= 0.6 is 0 Å². The van der Waals surface area contributed by atoms with Gasteiger partial charge in [-0.3, -0.25) is 9.59 Å².